The van der Waals surface area contributed by atoms with Crippen LogP contribution in [0.5, 0.6) is 0 Å². The zero-order valence-corrected chi connectivity index (χ0v) is 13.9. The highest BCUT2D eigenvalue weighted by atomic mass is 19.1. The van der Waals surface area contributed by atoms with E-state index in [1.54, 1.807) is 32.3 Å². The lowest BCUT2D eigenvalue weighted by Gasteiger charge is -2.06. The number of rotatable bonds is 3. The van der Waals surface area contributed by atoms with E-state index in [0.717, 1.165) is 0 Å². The molecule has 3 aromatic heterocycles. The van der Waals surface area contributed by atoms with Gasteiger partial charge in [0, 0.05) is 25.0 Å². The van der Waals surface area contributed by atoms with Gasteiger partial charge >= 0.3 is 0 Å². The predicted octanol–water partition coefficient (Wildman–Crippen LogP) is 2.79. The number of halogens is 1. The summed E-state index contributed by atoms with van der Waals surface area (Å²) in [6.07, 6.45) is 3.24. The number of benzene rings is 1. The Morgan fingerprint density at radius 3 is 2.85 bits per heavy atom. The first-order valence-corrected chi connectivity index (χ1v) is 7.74. The first-order valence-electron chi connectivity index (χ1n) is 7.74. The molecule has 0 aliphatic heterocycles. The molecular formula is C17H13FN6O2. The number of oxazole rings is 1. The molecule has 0 aliphatic carbocycles. The molecule has 0 spiro atoms. The second-order valence-electron chi connectivity index (χ2n) is 5.60. The fourth-order valence-corrected chi connectivity index (χ4v) is 2.55. The highest BCUT2D eigenvalue weighted by molar-refractivity contribution is 6.03. The molecule has 1 N–H and O–H groups in total. The molecule has 130 valence electrons. The normalized spacial score (nSPS) is 11.0. The number of carbonyl (C=O) groups is 1. The van der Waals surface area contributed by atoms with E-state index in [2.05, 4.69) is 25.4 Å². The van der Waals surface area contributed by atoms with Gasteiger partial charge in [-0.1, -0.05) is 0 Å². The van der Waals surface area contributed by atoms with Crippen LogP contribution in [0, 0.1) is 19.7 Å². The molecule has 8 nitrogen and oxygen atoms in total. The van der Waals surface area contributed by atoms with Crippen LogP contribution < -0.4 is 5.32 Å². The van der Waals surface area contributed by atoms with E-state index in [0.29, 0.717) is 23.0 Å². The second kappa shape index (κ2) is 6.03. The minimum atomic E-state index is -0.509. The Kier molecular flexibility index (Phi) is 3.68. The summed E-state index contributed by atoms with van der Waals surface area (Å²) in [7, 11) is 0. The van der Waals surface area contributed by atoms with Gasteiger partial charge in [0.25, 0.3) is 11.7 Å². The van der Waals surface area contributed by atoms with E-state index in [1.807, 2.05) is 0 Å². The van der Waals surface area contributed by atoms with Crippen LogP contribution >= 0.6 is 0 Å². The van der Waals surface area contributed by atoms with Crippen LogP contribution in [0.15, 0.2) is 41.1 Å². The fraction of sp³-hybridized carbons (Fsp3) is 0.118. The molecule has 9 heteroatoms. The van der Waals surface area contributed by atoms with Gasteiger partial charge in [0.1, 0.15) is 5.82 Å². The predicted molar refractivity (Wildman–Crippen MR) is 90.1 cm³/mol. The summed E-state index contributed by atoms with van der Waals surface area (Å²) < 4.78 is 21.0. The number of hydrogen-bond acceptors (Lipinski definition) is 6. The number of hydrogen-bond donors (Lipinski definition) is 1. The van der Waals surface area contributed by atoms with Crippen LogP contribution in [-0.4, -0.2) is 30.5 Å². The number of nitrogens with one attached hydrogen (secondary N) is 1. The molecule has 0 radical (unpaired) electrons. The van der Waals surface area contributed by atoms with Crippen molar-refractivity contribution >= 4 is 17.4 Å². The molecule has 0 bridgehead atoms. The van der Waals surface area contributed by atoms with Gasteiger partial charge in [-0.2, -0.15) is 4.98 Å². The van der Waals surface area contributed by atoms with Crippen LogP contribution in [0.25, 0.3) is 17.2 Å². The Bertz CT molecular complexity index is 1100. The SMILES string of the molecule is Cc1nc(C)c(C(=O)Nc2ccc(F)c(-c3nc4ncccn4n3)c2)o1. The quantitative estimate of drug-likeness (QED) is 0.609. The summed E-state index contributed by atoms with van der Waals surface area (Å²) in [5.74, 6) is 0.0567. The fourth-order valence-electron chi connectivity index (χ4n) is 2.55. The van der Waals surface area contributed by atoms with Crippen molar-refractivity contribution in [3.63, 3.8) is 0 Å². The summed E-state index contributed by atoms with van der Waals surface area (Å²) in [6, 6.07) is 5.84. The number of fused-ring (bicyclic) bond motifs is 1. The Balaban J connectivity index is 1.68. The molecule has 4 aromatic rings. The van der Waals surface area contributed by atoms with Crippen molar-refractivity contribution in [2.24, 2.45) is 0 Å². The zero-order chi connectivity index (χ0) is 18.3. The average Bonchev–Trinajstić information content (AvgIpc) is 3.19. The zero-order valence-electron chi connectivity index (χ0n) is 13.9. The highest BCUT2D eigenvalue weighted by Crippen LogP contribution is 2.24. The van der Waals surface area contributed by atoms with E-state index in [9.17, 15) is 9.18 Å². The summed E-state index contributed by atoms with van der Waals surface area (Å²) >= 11 is 0. The van der Waals surface area contributed by atoms with Gasteiger partial charge < -0.3 is 9.73 Å². The maximum absolute atomic E-state index is 14.3. The van der Waals surface area contributed by atoms with Crippen LogP contribution in [0.2, 0.25) is 0 Å². The number of aryl methyl sites for hydroxylation is 2. The Hall–Kier alpha value is -3.62. The molecule has 0 fully saturated rings. The van der Waals surface area contributed by atoms with Gasteiger partial charge in [-0.3, -0.25) is 4.79 Å². The smallest absolute Gasteiger partial charge is 0.293 e. The van der Waals surface area contributed by atoms with E-state index in [4.69, 9.17) is 4.42 Å². The molecule has 3 heterocycles. The van der Waals surface area contributed by atoms with Crippen molar-refractivity contribution in [3.8, 4) is 11.4 Å². The summed E-state index contributed by atoms with van der Waals surface area (Å²) in [4.78, 5) is 24.7. The third-order valence-corrected chi connectivity index (χ3v) is 3.69. The Morgan fingerprint density at radius 1 is 1.27 bits per heavy atom. The standard InChI is InChI=1S/C17H13FN6O2/c1-9-14(26-10(2)20-9)16(25)21-11-4-5-13(18)12(8-11)15-22-17-19-6-3-7-24(17)23-15/h3-8H,1-2H3,(H,21,25). The van der Waals surface area contributed by atoms with Gasteiger partial charge in [-0.25, -0.2) is 18.9 Å². The number of amides is 1. The van der Waals surface area contributed by atoms with Crippen LogP contribution in [0.1, 0.15) is 22.1 Å². The topological polar surface area (TPSA) is 98.2 Å². The molecule has 1 aromatic carbocycles. The molecule has 1 amide bonds. The van der Waals surface area contributed by atoms with Crippen molar-refractivity contribution in [2.75, 3.05) is 5.32 Å². The first kappa shape index (κ1) is 15.9. The molecular weight excluding hydrogens is 339 g/mol. The van der Waals surface area contributed by atoms with Crippen molar-refractivity contribution in [3.05, 3.63) is 59.8 Å². The van der Waals surface area contributed by atoms with E-state index < -0.39 is 11.7 Å². The third-order valence-electron chi connectivity index (χ3n) is 3.69. The molecule has 26 heavy (non-hydrogen) atoms. The lowest BCUT2D eigenvalue weighted by molar-refractivity contribution is 0.0994. The molecule has 4 rings (SSSR count). The highest BCUT2D eigenvalue weighted by Gasteiger charge is 2.18. The van der Waals surface area contributed by atoms with Gasteiger partial charge in [0.05, 0.1) is 11.3 Å². The largest absolute Gasteiger partial charge is 0.436 e. The molecule has 0 unspecified atom stereocenters. The van der Waals surface area contributed by atoms with E-state index >= 15 is 0 Å². The lowest BCUT2D eigenvalue weighted by atomic mass is 10.1. The van der Waals surface area contributed by atoms with Crippen molar-refractivity contribution in [1.29, 1.82) is 0 Å². The van der Waals surface area contributed by atoms with E-state index in [-0.39, 0.29) is 17.1 Å². The van der Waals surface area contributed by atoms with Gasteiger partial charge in [0.2, 0.25) is 5.76 Å². The lowest BCUT2D eigenvalue weighted by Crippen LogP contribution is -2.12. The number of aromatic nitrogens is 5. The maximum Gasteiger partial charge on any atom is 0.293 e. The summed E-state index contributed by atoms with van der Waals surface area (Å²) in [5.41, 5.74) is 1.01. The van der Waals surface area contributed by atoms with Crippen molar-refractivity contribution in [1.82, 2.24) is 24.6 Å². The number of nitrogens with zero attached hydrogens (tertiary/aromatic N) is 5. The Labute approximate surface area is 146 Å². The number of anilines is 1. The summed E-state index contributed by atoms with van der Waals surface area (Å²) in [5, 5.41) is 6.87. The van der Waals surface area contributed by atoms with Crippen LogP contribution in [0.3, 0.4) is 0 Å². The van der Waals surface area contributed by atoms with Crippen molar-refractivity contribution < 1.29 is 13.6 Å². The van der Waals surface area contributed by atoms with Crippen LogP contribution in [0.4, 0.5) is 10.1 Å². The monoisotopic (exact) mass is 352 g/mol. The van der Waals surface area contributed by atoms with Gasteiger partial charge in [-0.15, -0.1) is 5.10 Å². The molecule has 0 saturated carbocycles. The minimum absolute atomic E-state index is 0.114. The van der Waals surface area contributed by atoms with Gasteiger partial charge in [-0.05, 0) is 31.2 Å². The minimum Gasteiger partial charge on any atom is -0.436 e. The molecule has 0 atom stereocenters. The second-order valence-corrected chi connectivity index (χ2v) is 5.60. The molecule has 0 saturated heterocycles. The van der Waals surface area contributed by atoms with E-state index in [1.165, 1.54) is 22.7 Å². The third kappa shape index (κ3) is 2.79. The first-order chi connectivity index (χ1) is 12.5. The summed E-state index contributed by atoms with van der Waals surface area (Å²) in [6.45, 7) is 3.33. The average molecular weight is 352 g/mol. The number of carbonyl (C=O) groups excluding carboxylic acids is 1. The van der Waals surface area contributed by atoms with Crippen LogP contribution in [-0.2, 0) is 0 Å². The van der Waals surface area contributed by atoms with Gasteiger partial charge in [0.15, 0.2) is 11.7 Å². The maximum atomic E-state index is 14.3. The Morgan fingerprint density at radius 2 is 2.12 bits per heavy atom. The molecule has 0 aliphatic rings. The van der Waals surface area contributed by atoms with Crippen molar-refractivity contribution in [2.45, 2.75) is 13.8 Å².